The molecule has 0 unspecified atom stereocenters. The van der Waals surface area contributed by atoms with Crippen molar-refractivity contribution in [3.05, 3.63) is 35.4 Å². The summed E-state index contributed by atoms with van der Waals surface area (Å²) in [6.07, 6.45) is 3.61. The molecular weight excluding hydrogens is 773 g/mol. The van der Waals surface area contributed by atoms with Gasteiger partial charge in [0.05, 0.1) is 75.4 Å². The van der Waals surface area contributed by atoms with Gasteiger partial charge in [0, 0.05) is 25.4 Å². The van der Waals surface area contributed by atoms with Crippen molar-refractivity contribution in [1.29, 1.82) is 0 Å². The minimum atomic E-state index is -1.73. The fraction of sp³-hybridized carbons (Fsp3) is 0.857. The first-order chi connectivity index (χ1) is 26.4. The van der Waals surface area contributed by atoms with E-state index in [1.165, 1.54) is 0 Å². The molecule has 346 valence electrons. The molecule has 0 N–H and O–H groups in total. The van der Waals surface area contributed by atoms with E-state index in [1.54, 1.807) is 0 Å². The van der Waals surface area contributed by atoms with Crippen LogP contribution in [-0.4, -0.2) is 101 Å². The highest BCUT2D eigenvalue weighted by atomic mass is 28.3. The van der Waals surface area contributed by atoms with Crippen LogP contribution < -0.4 is 0 Å². The lowest BCUT2D eigenvalue weighted by molar-refractivity contribution is -0.144. The van der Waals surface area contributed by atoms with Crippen molar-refractivity contribution in [2.45, 2.75) is 232 Å². The smallest absolute Gasteiger partial charge is 0.150 e. The molecule has 0 aliphatic carbocycles. The van der Waals surface area contributed by atoms with Gasteiger partial charge in [0.2, 0.25) is 0 Å². The van der Waals surface area contributed by atoms with Gasteiger partial charge in [-0.15, -0.1) is 0 Å². The number of hydrogen-bond donors (Lipinski definition) is 0. The zero-order chi connectivity index (χ0) is 46.0. The largest absolute Gasteiger partial charge is 0.379 e. The van der Waals surface area contributed by atoms with Crippen LogP contribution in [0.1, 0.15) is 166 Å². The molecule has 0 saturated carbocycles. The average molecular weight is 867 g/mol. The third kappa shape index (κ3) is 18.7. The van der Waals surface area contributed by atoms with Crippen LogP contribution in [-0.2, 0) is 39.8 Å². The van der Waals surface area contributed by atoms with Crippen molar-refractivity contribution >= 4 is 22.4 Å². The van der Waals surface area contributed by atoms with E-state index in [0.29, 0.717) is 58.2 Å². The van der Waals surface area contributed by atoms with E-state index in [9.17, 15) is 4.79 Å². The number of aldehydes is 1. The Bertz CT molecular complexity index is 1320. The minimum absolute atomic E-state index is 0.168. The molecule has 0 spiro atoms. The maximum absolute atomic E-state index is 11.0. The van der Waals surface area contributed by atoms with E-state index >= 15 is 0 Å². The van der Waals surface area contributed by atoms with Gasteiger partial charge in [-0.1, -0.05) is 92.0 Å². The Morgan fingerprint density at radius 1 is 0.475 bits per heavy atom. The second-order valence-electron chi connectivity index (χ2n) is 23.6. The van der Waals surface area contributed by atoms with Gasteiger partial charge in [0.25, 0.3) is 0 Å². The molecule has 10 heteroatoms. The summed E-state index contributed by atoms with van der Waals surface area (Å²) in [5.41, 5.74) is 0.130. The summed E-state index contributed by atoms with van der Waals surface area (Å²) in [6, 6.07) is 7.50. The van der Waals surface area contributed by atoms with Gasteiger partial charge >= 0.3 is 0 Å². The van der Waals surface area contributed by atoms with Gasteiger partial charge < -0.3 is 33.2 Å². The van der Waals surface area contributed by atoms with Crippen LogP contribution in [0.3, 0.4) is 0 Å². The zero-order valence-corrected chi connectivity index (χ0v) is 44.5. The minimum Gasteiger partial charge on any atom is -0.379 e. The van der Waals surface area contributed by atoms with Crippen molar-refractivity contribution in [1.82, 2.24) is 0 Å². The molecule has 59 heavy (non-hydrogen) atoms. The summed E-state index contributed by atoms with van der Waals surface area (Å²) >= 11 is 0. The van der Waals surface area contributed by atoms with Crippen molar-refractivity contribution in [3.63, 3.8) is 0 Å². The number of carbonyl (C=O) groups is 1. The fourth-order valence-electron chi connectivity index (χ4n) is 6.36. The van der Waals surface area contributed by atoms with Gasteiger partial charge in [0.1, 0.15) is 12.4 Å². The molecule has 0 bridgehead atoms. The highest BCUT2D eigenvalue weighted by Crippen LogP contribution is 2.45. The summed E-state index contributed by atoms with van der Waals surface area (Å²) in [5, 5.41) is 0.121. The van der Waals surface area contributed by atoms with Crippen molar-refractivity contribution in [2.24, 2.45) is 0 Å². The molecule has 0 amide bonds. The van der Waals surface area contributed by atoms with E-state index in [0.717, 1.165) is 31.1 Å². The Hall–Kier alpha value is -0.956. The van der Waals surface area contributed by atoms with E-state index in [4.69, 9.17) is 33.2 Å². The Labute approximate surface area is 366 Å². The summed E-state index contributed by atoms with van der Waals surface area (Å²) in [5.74, 6) is 0. The van der Waals surface area contributed by atoms with E-state index in [1.807, 2.05) is 24.3 Å². The molecule has 0 aliphatic rings. The number of benzene rings is 1. The molecule has 0 fully saturated rings. The molecule has 8 nitrogen and oxygen atoms in total. The lowest BCUT2D eigenvalue weighted by Crippen LogP contribution is -2.58. The quantitative estimate of drug-likeness (QED) is 0.0608. The second-order valence-corrected chi connectivity index (χ2v) is 35.5. The van der Waals surface area contributed by atoms with Crippen LogP contribution in [0, 0.1) is 0 Å². The molecular formula is C49H94O8Si2. The van der Waals surface area contributed by atoms with Gasteiger partial charge in [-0.25, -0.2) is 0 Å². The molecule has 0 saturated heterocycles. The van der Waals surface area contributed by atoms with Crippen LogP contribution in [0.2, 0.25) is 36.3 Å². The van der Waals surface area contributed by atoms with Gasteiger partial charge in [-0.05, 0) is 124 Å². The lowest BCUT2D eigenvalue weighted by Gasteiger charge is -2.48. The fourth-order valence-corrected chi connectivity index (χ4v) is 10.9. The Morgan fingerprint density at radius 3 is 1.19 bits per heavy atom. The number of rotatable bonds is 28. The molecule has 0 heterocycles. The monoisotopic (exact) mass is 867 g/mol. The normalized spacial score (nSPS) is 14.7. The lowest BCUT2D eigenvalue weighted by atomic mass is 10.0. The number of carbonyl (C=O) groups excluding carboxylic acids is 1. The Kier molecular flexibility index (Phi) is 20.5. The topological polar surface area (TPSA) is 81.7 Å². The summed E-state index contributed by atoms with van der Waals surface area (Å²) in [7, 11) is -3.47. The van der Waals surface area contributed by atoms with Crippen LogP contribution >= 0.6 is 0 Å². The summed E-state index contributed by atoms with van der Waals surface area (Å²) in [4.78, 5) is 11.0. The highest BCUT2D eigenvalue weighted by molar-refractivity contribution is 6.83. The van der Waals surface area contributed by atoms with Crippen LogP contribution in [0.15, 0.2) is 24.3 Å². The number of ether oxygens (including phenoxy) is 7. The first-order valence-electron chi connectivity index (χ1n) is 22.4. The van der Waals surface area contributed by atoms with Crippen LogP contribution in [0.25, 0.3) is 0 Å². The molecule has 1 aromatic rings. The summed E-state index contributed by atoms with van der Waals surface area (Å²) < 4.78 is 45.7. The predicted molar refractivity (Wildman–Crippen MR) is 253 cm³/mol. The first-order valence-corrected chi connectivity index (χ1v) is 28.4. The van der Waals surface area contributed by atoms with Crippen LogP contribution in [0.4, 0.5) is 0 Å². The number of hydrogen-bond acceptors (Lipinski definition) is 8. The Balaban J connectivity index is 2.90. The average Bonchev–Trinajstić information content (AvgIpc) is 3.06. The molecule has 0 radical (unpaired) electrons. The van der Waals surface area contributed by atoms with Crippen molar-refractivity contribution in [2.75, 3.05) is 39.6 Å². The maximum atomic E-state index is 11.0. The van der Waals surface area contributed by atoms with E-state index in [-0.39, 0.29) is 32.2 Å². The molecule has 0 aliphatic heterocycles. The van der Waals surface area contributed by atoms with Gasteiger partial charge in [-0.2, -0.15) is 0 Å². The highest BCUT2D eigenvalue weighted by Gasteiger charge is 2.49. The first kappa shape index (κ1) is 56.1. The van der Waals surface area contributed by atoms with Crippen LogP contribution in [0.5, 0.6) is 0 Å². The SMILES string of the molecule is CC(C)(CCOC(COC(C)(C)CCOC(C)(C)[Si](C)(C)C(C)(C)C)COC(C)(C)CCOC(C)(C)[Si](C)(C)C(C)(C)C)OCCC(C)(C)OCc1ccc(C=O)cc1. The standard InChI is InChI=1S/C49H94O8Si2/c1-42(2,3)58(19,20)48(15,16)53-33-29-46(11,12)56-37-41(38-57-47(13,14)30-34-54-49(17,18)59(21,22)43(4,5)6)51-31-27-44(7,8)52-32-28-45(9,10)55-36-40-25-23-39(35-50)24-26-40/h23-26,35,41H,27-34,36-38H2,1-22H3. The third-order valence-electron chi connectivity index (χ3n) is 14.4. The third-order valence-corrected chi connectivity index (χ3v) is 28.2. The van der Waals surface area contributed by atoms with E-state index < -0.39 is 33.0 Å². The molecule has 1 aromatic carbocycles. The van der Waals surface area contributed by atoms with Gasteiger partial charge in [0.15, 0.2) is 0 Å². The van der Waals surface area contributed by atoms with E-state index in [2.05, 4.69) is 151 Å². The molecule has 0 aromatic heterocycles. The Morgan fingerprint density at radius 2 is 0.814 bits per heavy atom. The second kappa shape index (κ2) is 21.6. The molecule has 0 atom stereocenters. The van der Waals surface area contributed by atoms with Crippen molar-refractivity contribution < 1.29 is 38.0 Å². The van der Waals surface area contributed by atoms with Gasteiger partial charge in [-0.3, -0.25) is 4.79 Å². The predicted octanol–water partition coefficient (Wildman–Crippen LogP) is 12.8. The zero-order valence-electron chi connectivity index (χ0n) is 42.5. The molecule has 1 rings (SSSR count). The maximum Gasteiger partial charge on any atom is 0.150 e. The summed E-state index contributed by atoms with van der Waals surface area (Å²) in [6.45, 7) is 53.4. The van der Waals surface area contributed by atoms with Crippen molar-refractivity contribution in [3.8, 4) is 0 Å².